The fraction of sp³-hybridized carbons (Fsp3) is 0.500. The number of nitrogens with zero attached hydrogens (tertiary/aromatic N) is 1. The zero-order valence-electron chi connectivity index (χ0n) is 8.72. The van der Waals surface area contributed by atoms with Crippen LogP contribution >= 0.6 is 43.2 Å². The van der Waals surface area contributed by atoms with Crippen molar-refractivity contribution in [3.05, 3.63) is 19.2 Å². The largest absolute Gasteiger partial charge is 0.296 e. The number of rotatable bonds is 5. The second-order valence-electron chi connectivity index (χ2n) is 3.12. The summed E-state index contributed by atoms with van der Waals surface area (Å²) >= 11 is 8.31. The molecule has 1 aromatic rings. The van der Waals surface area contributed by atoms with Gasteiger partial charge in [0.15, 0.2) is 5.78 Å². The smallest absolute Gasteiger partial charge is 0.178 e. The zero-order chi connectivity index (χ0) is 11.4. The van der Waals surface area contributed by atoms with Crippen LogP contribution in [0.15, 0.2) is 13.6 Å². The highest BCUT2D eigenvalue weighted by molar-refractivity contribution is 9.12. The maximum Gasteiger partial charge on any atom is 0.178 e. The number of thiophene rings is 1. The summed E-state index contributed by atoms with van der Waals surface area (Å²) in [5.74, 6) is 0.174. The molecule has 15 heavy (non-hydrogen) atoms. The number of carbonyl (C=O) groups excluding carboxylic acids is 1. The molecule has 0 aliphatic heterocycles. The van der Waals surface area contributed by atoms with Crippen molar-refractivity contribution in [2.45, 2.75) is 13.8 Å². The summed E-state index contributed by atoms with van der Waals surface area (Å²) in [5, 5.41) is 0. The molecule has 0 bridgehead atoms. The van der Waals surface area contributed by atoms with Crippen molar-refractivity contribution in [1.29, 1.82) is 0 Å². The Bertz CT molecular complexity index is 347. The third-order valence-corrected chi connectivity index (χ3v) is 4.56. The first-order chi connectivity index (χ1) is 7.08. The summed E-state index contributed by atoms with van der Waals surface area (Å²) in [6.45, 7) is 6.44. The molecule has 1 rings (SSSR count). The molecule has 0 spiro atoms. The molecule has 0 saturated carbocycles. The van der Waals surface area contributed by atoms with Crippen LogP contribution in [0.5, 0.6) is 0 Å². The van der Waals surface area contributed by atoms with E-state index in [0.29, 0.717) is 6.54 Å². The van der Waals surface area contributed by atoms with Crippen molar-refractivity contribution >= 4 is 49.0 Å². The van der Waals surface area contributed by atoms with Gasteiger partial charge < -0.3 is 0 Å². The lowest BCUT2D eigenvalue weighted by atomic mass is 10.2. The van der Waals surface area contributed by atoms with Crippen molar-refractivity contribution in [2.24, 2.45) is 0 Å². The molecule has 0 aliphatic carbocycles. The first-order valence-electron chi connectivity index (χ1n) is 4.78. The van der Waals surface area contributed by atoms with Crippen LogP contribution in [0, 0.1) is 0 Å². The van der Waals surface area contributed by atoms with Gasteiger partial charge in [-0.15, -0.1) is 11.3 Å². The van der Waals surface area contributed by atoms with E-state index in [1.165, 1.54) is 11.3 Å². The Hall–Kier alpha value is 0.290. The van der Waals surface area contributed by atoms with Gasteiger partial charge in [-0.1, -0.05) is 13.8 Å². The second-order valence-corrected chi connectivity index (χ2v) is 6.87. The Labute approximate surface area is 111 Å². The fourth-order valence-electron chi connectivity index (χ4n) is 1.27. The van der Waals surface area contributed by atoms with E-state index in [1.807, 2.05) is 6.07 Å². The summed E-state index contributed by atoms with van der Waals surface area (Å²) in [6, 6.07) is 1.88. The van der Waals surface area contributed by atoms with Crippen LogP contribution in [-0.2, 0) is 0 Å². The van der Waals surface area contributed by atoms with Gasteiger partial charge in [0.1, 0.15) is 0 Å². The summed E-state index contributed by atoms with van der Waals surface area (Å²) in [6.07, 6.45) is 0. The lowest BCUT2D eigenvalue weighted by molar-refractivity contribution is 0.0937. The van der Waals surface area contributed by atoms with Crippen molar-refractivity contribution in [2.75, 3.05) is 19.6 Å². The molecule has 0 aliphatic rings. The highest BCUT2D eigenvalue weighted by atomic mass is 79.9. The zero-order valence-corrected chi connectivity index (χ0v) is 12.7. The van der Waals surface area contributed by atoms with Gasteiger partial charge in [0.25, 0.3) is 0 Å². The summed E-state index contributed by atoms with van der Waals surface area (Å²) in [4.78, 5) is 14.0. The van der Waals surface area contributed by atoms with Gasteiger partial charge in [0, 0.05) is 5.56 Å². The SMILES string of the molecule is CCN(CC)CC(=O)c1cc(Br)sc1Br. The third-order valence-electron chi connectivity index (χ3n) is 2.22. The standard InChI is InChI=1S/C10H13Br2NOS/c1-3-13(4-2)6-8(14)7-5-9(11)15-10(7)12/h5H,3-4,6H2,1-2H3. The minimum atomic E-state index is 0.174. The lowest BCUT2D eigenvalue weighted by Crippen LogP contribution is -2.29. The van der Waals surface area contributed by atoms with E-state index in [1.54, 1.807) is 0 Å². The Morgan fingerprint density at radius 1 is 1.40 bits per heavy atom. The maximum absolute atomic E-state index is 11.9. The predicted octanol–water partition coefficient (Wildman–Crippen LogP) is 3.80. The molecule has 1 aromatic heterocycles. The molecule has 0 radical (unpaired) electrons. The first kappa shape index (κ1) is 13.4. The van der Waals surface area contributed by atoms with Gasteiger partial charge in [-0.2, -0.15) is 0 Å². The predicted molar refractivity (Wildman–Crippen MR) is 71.8 cm³/mol. The lowest BCUT2D eigenvalue weighted by Gasteiger charge is -2.16. The summed E-state index contributed by atoms with van der Waals surface area (Å²) in [7, 11) is 0. The van der Waals surface area contributed by atoms with Crippen molar-refractivity contribution in [1.82, 2.24) is 4.90 Å². The van der Waals surface area contributed by atoms with Gasteiger partial charge in [-0.25, -0.2) is 0 Å². The molecule has 0 amide bonds. The highest BCUT2D eigenvalue weighted by Crippen LogP contribution is 2.32. The van der Waals surface area contributed by atoms with Crippen LogP contribution in [0.2, 0.25) is 0 Å². The molecule has 0 atom stereocenters. The van der Waals surface area contributed by atoms with Crippen molar-refractivity contribution in [3.8, 4) is 0 Å². The number of likely N-dealkylation sites (N-methyl/N-ethyl adjacent to an activating group) is 1. The molecule has 2 nitrogen and oxygen atoms in total. The van der Waals surface area contributed by atoms with Gasteiger partial charge in [0.05, 0.1) is 14.1 Å². The molecule has 0 aromatic carbocycles. The van der Waals surface area contributed by atoms with Gasteiger partial charge in [-0.05, 0) is 51.0 Å². The van der Waals surface area contributed by atoms with Crippen LogP contribution in [0.4, 0.5) is 0 Å². The van der Waals surface area contributed by atoms with E-state index in [-0.39, 0.29) is 5.78 Å². The molecule has 0 saturated heterocycles. The quantitative estimate of drug-likeness (QED) is 0.749. The van der Waals surface area contributed by atoms with Gasteiger partial charge >= 0.3 is 0 Å². The topological polar surface area (TPSA) is 20.3 Å². The molecule has 0 fully saturated rings. The monoisotopic (exact) mass is 353 g/mol. The fourth-order valence-corrected chi connectivity index (χ4v) is 4.12. The van der Waals surface area contributed by atoms with Crippen LogP contribution in [0.1, 0.15) is 24.2 Å². The Morgan fingerprint density at radius 3 is 2.40 bits per heavy atom. The number of hydrogen-bond acceptors (Lipinski definition) is 3. The number of carbonyl (C=O) groups is 1. The van der Waals surface area contributed by atoms with Crippen LogP contribution in [-0.4, -0.2) is 30.3 Å². The third kappa shape index (κ3) is 3.66. The van der Waals surface area contributed by atoms with E-state index < -0.39 is 0 Å². The molecule has 84 valence electrons. The van der Waals surface area contributed by atoms with E-state index in [4.69, 9.17) is 0 Å². The number of ketones is 1. The minimum absolute atomic E-state index is 0.174. The Balaban J connectivity index is 2.72. The normalized spacial score (nSPS) is 11.0. The average Bonchev–Trinajstić information content (AvgIpc) is 2.54. The molecule has 0 unspecified atom stereocenters. The van der Waals surface area contributed by atoms with Crippen LogP contribution in [0.3, 0.4) is 0 Å². The molecule has 1 heterocycles. The van der Waals surface area contributed by atoms with Crippen LogP contribution < -0.4 is 0 Å². The van der Waals surface area contributed by atoms with Gasteiger partial charge in [0.2, 0.25) is 0 Å². The summed E-state index contributed by atoms with van der Waals surface area (Å²) < 4.78 is 1.89. The van der Waals surface area contributed by atoms with Crippen LogP contribution in [0.25, 0.3) is 0 Å². The summed E-state index contributed by atoms with van der Waals surface area (Å²) in [5.41, 5.74) is 0.777. The van der Waals surface area contributed by atoms with Crippen molar-refractivity contribution < 1.29 is 4.79 Å². The molecule has 5 heteroatoms. The number of halogens is 2. The Kier molecular flexibility index (Phi) is 5.46. The minimum Gasteiger partial charge on any atom is -0.296 e. The molecular weight excluding hydrogens is 342 g/mol. The number of hydrogen-bond donors (Lipinski definition) is 0. The van der Waals surface area contributed by atoms with E-state index in [9.17, 15) is 4.79 Å². The highest BCUT2D eigenvalue weighted by Gasteiger charge is 2.15. The average molecular weight is 355 g/mol. The van der Waals surface area contributed by atoms with E-state index in [2.05, 4.69) is 50.6 Å². The van der Waals surface area contributed by atoms with E-state index in [0.717, 1.165) is 26.2 Å². The maximum atomic E-state index is 11.9. The van der Waals surface area contributed by atoms with Crippen molar-refractivity contribution in [3.63, 3.8) is 0 Å². The Morgan fingerprint density at radius 2 is 2.00 bits per heavy atom. The number of Topliss-reactive ketones (excluding diaryl/α,β-unsaturated/α-hetero) is 1. The molecular formula is C10H13Br2NOS. The van der Waals surface area contributed by atoms with Gasteiger partial charge in [-0.3, -0.25) is 9.69 Å². The first-order valence-corrected chi connectivity index (χ1v) is 7.19. The van der Waals surface area contributed by atoms with E-state index >= 15 is 0 Å². The molecule has 0 N–H and O–H groups in total. The second kappa shape index (κ2) is 6.13.